The molecular weight excluding hydrogens is 476 g/mol. The average Bonchev–Trinajstić information content (AvgIpc) is 3.23. The van der Waals surface area contributed by atoms with E-state index in [2.05, 4.69) is 62.5 Å². The number of carbonyl (C=O) groups excluding carboxylic acids is 1. The first-order valence-corrected chi connectivity index (χ1v) is 13.0. The highest BCUT2D eigenvalue weighted by Crippen LogP contribution is 2.40. The predicted octanol–water partition coefficient (Wildman–Crippen LogP) is 5.89. The third-order valence-electron chi connectivity index (χ3n) is 6.86. The van der Waals surface area contributed by atoms with Gasteiger partial charge in [0, 0.05) is 48.5 Å². The molecule has 1 aliphatic rings. The van der Waals surface area contributed by atoms with Crippen molar-refractivity contribution in [3.8, 4) is 22.4 Å². The number of nitrogens with zero attached hydrogens (tertiary/aromatic N) is 3. The van der Waals surface area contributed by atoms with Crippen LogP contribution in [-0.4, -0.2) is 59.8 Å². The van der Waals surface area contributed by atoms with Crippen molar-refractivity contribution in [3.05, 3.63) is 60.3 Å². The molecule has 1 aliphatic heterocycles. The quantitative estimate of drug-likeness (QED) is 0.315. The lowest BCUT2D eigenvalue weighted by Gasteiger charge is -2.34. The molecule has 0 radical (unpaired) electrons. The fraction of sp³-hybridized carbons (Fsp3) is 0.333. The van der Waals surface area contributed by atoms with Crippen molar-refractivity contribution in [1.29, 1.82) is 0 Å². The summed E-state index contributed by atoms with van der Waals surface area (Å²) in [5.41, 5.74) is 13.7. The second-order valence-corrected chi connectivity index (χ2v) is 11.0. The summed E-state index contributed by atoms with van der Waals surface area (Å²) in [6.07, 6.45) is 1.18. The van der Waals surface area contributed by atoms with E-state index in [0.717, 1.165) is 65.2 Å². The minimum atomic E-state index is -0.584. The number of aromatic amines is 1. The first kappa shape index (κ1) is 25.6. The number of aryl methyl sites for hydroxylation is 1. The fourth-order valence-corrected chi connectivity index (χ4v) is 4.83. The van der Waals surface area contributed by atoms with Crippen molar-refractivity contribution in [1.82, 2.24) is 14.9 Å². The molecule has 0 aliphatic carbocycles. The zero-order valence-electron chi connectivity index (χ0n) is 22.8. The third kappa shape index (κ3) is 5.45. The van der Waals surface area contributed by atoms with Gasteiger partial charge in [-0.05, 0) is 75.7 Å². The van der Waals surface area contributed by atoms with Gasteiger partial charge in [-0.15, -0.1) is 0 Å². The number of aromatic nitrogens is 2. The van der Waals surface area contributed by atoms with Gasteiger partial charge in [0.25, 0.3) is 0 Å². The second-order valence-electron chi connectivity index (χ2n) is 11.0. The number of hydrogen-bond acceptors (Lipinski definition) is 6. The van der Waals surface area contributed by atoms with E-state index in [9.17, 15) is 4.79 Å². The molecule has 0 bridgehead atoms. The highest BCUT2D eigenvalue weighted by molar-refractivity contribution is 6.04. The number of nitrogen functional groups attached to an aromatic ring is 1. The number of carbonyl (C=O) groups is 1. The molecular formula is C30H36N6O2. The molecule has 0 unspecified atom stereocenters. The number of likely N-dealkylation sites (N-methyl/N-ethyl adjacent to an activating group) is 1. The average molecular weight is 513 g/mol. The van der Waals surface area contributed by atoms with Gasteiger partial charge in [-0.3, -0.25) is 5.32 Å². The summed E-state index contributed by atoms with van der Waals surface area (Å²) in [4.78, 5) is 25.4. The molecule has 2 aromatic heterocycles. The molecule has 2 aromatic carbocycles. The molecule has 4 N–H and O–H groups in total. The highest BCUT2D eigenvalue weighted by atomic mass is 16.6. The maximum absolute atomic E-state index is 12.5. The van der Waals surface area contributed by atoms with Gasteiger partial charge in [-0.25, -0.2) is 9.78 Å². The van der Waals surface area contributed by atoms with Crippen LogP contribution in [0.5, 0.6) is 0 Å². The summed E-state index contributed by atoms with van der Waals surface area (Å²) in [5.74, 6) is 0. The largest absolute Gasteiger partial charge is 0.444 e. The standard InChI is InChI=1S/C30H36N6O2/c1-19-6-7-21(16-25(19)33-29(37)38-30(2,3)4)26-24-17-22(31)18-32-28(24)34-27(26)20-8-10-23(11-9-20)36-14-12-35(5)13-15-36/h6-11,16-18H,12-15,31H2,1-5H3,(H,32,34)(H,33,37). The summed E-state index contributed by atoms with van der Waals surface area (Å²) in [6, 6.07) is 16.7. The number of H-pyrrole nitrogens is 1. The molecule has 4 aromatic rings. The molecule has 0 spiro atoms. The molecule has 0 atom stereocenters. The number of anilines is 3. The monoisotopic (exact) mass is 512 g/mol. The van der Waals surface area contributed by atoms with Gasteiger partial charge in [0.2, 0.25) is 0 Å². The molecule has 5 rings (SSSR count). The minimum Gasteiger partial charge on any atom is -0.444 e. The smallest absolute Gasteiger partial charge is 0.412 e. The lowest BCUT2D eigenvalue weighted by atomic mass is 9.97. The lowest BCUT2D eigenvalue weighted by Crippen LogP contribution is -2.44. The topological polar surface area (TPSA) is 99.5 Å². The molecule has 1 saturated heterocycles. The number of ether oxygens (including phenoxy) is 1. The van der Waals surface area contributed by atoms with E-state index < -0.39 is 11.7 Å². The van der Waals surface area contributed by atoms with E-state index in [1.807, 2.05) is 45.9 Å². The zero-order chi connectivity index (χ0) is 27.0. The fourth-order valence-electron chi connectivity index (χ4n) is 4.83. The molecule has 0 saturated carbocycles. The van der Waals surface area contributed by atoms with Crippen LogP contribution >= 0.6 is 0 Å². The van der Waals surface area contributed by atoms with Crippen LogP contribution in [0, 0.1) is 6.92 Å². The van der Waals surface area contributed by atoms with Crippen LogP contribution in [0.15, 0.2) is 54.7 Å². The minimum absolute atomic E-state index is 0.484. The summed E-state index contributed by atoms with van der Waals surface area (Å²) in [6.45, 7) is 11.7. The normalized spacial score (nSPS) is 14.6. The molecule has 1 fully saturated rings. The van der Waals surface area contributed by atoms with Crippen LogP contribution in [0.2, 0.25) is 0 Å². The van der Waals surface area contributed by atoms with Crippen LogP contribution < -0.4 is 16.0 Å². The maximum atomic E-state index is 12.5. The van der Waals surface area contributed by atoms with Crippen molar-refractivity contribution in [2.45, 2.75) is 33.3 Å². The van der Waals surface area contributed by atoms with E-state index in [4.69, 9.17) is 10.5 Å². The van der Waals surface area contributed by atoms with Crippen LogP contribution in [0.3, 0.4) is 0 Å². The van der Waals surface area contributed by atoms with Crippen molar-refractivity contribution >= 4 is 34.2 Å². The number of rotatable bonds is 4. The molecule has 198 valence electrons. The molecule has 8 heteroatoms. The Morgan fingerprint density at radius 1 is 1.03 bits per heavy atom. The van der Waals surface area contributed by atoms with Gasteiger partial charge in [-0.2, -0.15) is 0 Å². The summed E-state index contributed by atoms with van der Waals surface area (Å²) >= 11 is 0. The Bertz CT molecular complexity index is 1460. The summed E-state index contributed by atoms with van der Waals surface area (Å²) in [7, 11) is 2.16. The first-order valence-electron chi connectivity index (χ1n) is 13.0. The molecule has 1 amide bonds. The van der Waals surface area contributed by atoms with Gasteiger partial charge in [-0.1, -0.05) is 24.3 Å². The summed E-state index contributed by atoms with van der Waals surface area (Å²) < 4.78 is 5.48. The van der Waals surface area contributed by atoms with Crippen molar-refractivity contribution in [2.75, 3.05) is 49.2 Å². The Morgan fingerprint density at radius 3 is 2.39 bits per heavy atom. The van der Waals surface area contributed by atoms with Gasteiger partial charge in [0.15, 0.2) is 0 Å². The van der Waals surface area contributed by atoms with Gasteiger partial charge in [0.05, 0.1) is 17.6 Å². The van der Waals surface area contributed by atoms with Crippen LogP contribution in [-0.2, 0) is 4.74 Å². The third-order valence-corrected chi connectivity index (χ3v) is 6.86. The van der Waals surface area contributed by atoms with Crippen molar-refractivity contribution < 1.29 is 9.53 Å². The Balaban J connectivity index is 1.54. The van der Waals surface area contributed by atoms with Crippen molar-refractivity contribution in [2.24, 2.45) is 0 Å². The summed E-state index contributed by atoms with van der Waals surface area (Å²) in [5, 5.41) is 3.84. The predicted molar refractivity (Wildman–Crippen MR) is 156 cm³/mol. The Labute approximate surface area is 223 Å². The SMILES string of the molecule is Cc1ccc(-c2c(-c3ccc(N4CCN(C)CC4)cc3)[nH]c3ncc(N)cc23)cc1NC(=O)OC(C)(C)C. The molecule has 3 heterocycles. The number of piperazine rings is 1. The number of nitrogens with two attached hydrogens (primary N) is 1. The van der Waals surface area contributed by atoms with Gasteiger partial charge in [0.1, 0.15) is 11.2 Å². The maximum Gasteiger partial charge on any atom is 0.412 e. The highest BCUT2D eigenvalue weighted by Gasteiger charge is 2.20. The van der Waals surface area contributed by atoms with Crippen LogP contribution in [0.1, 0.15) is 26.3 Å². The first-order chi connectivity index (χ1) is 18.1. The number of amides is 1. The number of hydrogen-bond donors (Lipinski definition) is 3. The number of nitrogens with one attached hydrogen (secondary N) is 2. The van der Waals surface area contributed by atoms with Crippen LogP contribution in [0.4, 0.5) is 21.9 Å². The van der Waals surface area contributed by atoms with E-state index in [-0.39, 0.29) is 0 Å². The van der Waals surface area contributed by atoms with Gasteiger partial charge >= 0.3 is 6.09 Å². The molecule has 8 nitrogen and oxygen atoms in total. The van der Waals surface area contributed by atoms with Crippen molar-refractivity contribution in [3.63, 3.8) is 0 Å². The number of benzene rings is 2. The van der Waals surface area contributed by atoms with Crippen LogP contribution in [0.25, 0.3) is 33.4 Å². The Morgan fingerprint density at radius 2 is 1.71 bits per heavy atom. The van der Waals surface area contributed by atoms with E-state index in [0.29, 0.717) is 11.4 Å². The Hall–Kier alpha value is -4.04. The second kappa shape index (κ2) is 10.0. The van der Waals surface area contributed by atoms with Gasteiger partial charge < -0.3 is 25.3 Å². The lowest BCUT2D eigenvalue weighted by molar-refractivity contribution is 0.0636. The van der Waals surface area contributed by atoms with E-state index in [1.54, 1.807) is 6.20 Å². The zero-order valence-corrected chi connectivity index (χ0v) is 22.8. The van der Waals surface area contributed by atoms with E-state index in [1.165, 1.54) is 5.69 Å². The number of pyridine rings is 1. The number of fused-ring (bicyclic) bond motifs is 1. The molecule has 38 heavy (non-hydrogen) atoms. The van der Waals surface area contributed by atoms with E-state index >= 15 is 0 Å². The Kier molecular flexibility index (Phi) is 6.75.